The average Bonchev–Trinajstić information content (AvgIpc) is 3.00. The molecule has 0 aliphatic carbocycles. The Morgan fingerprint density at radius 3 is 2.32 bits per heavy atom. The predicted octanol–water partition coefficient (Wildman–Crippen LogP) is -1.45. The highest BCUT2D eigenvalue weighted by Gasteiger charge is 2.16. The minimum Gasteiger partial charge on any atom is -0.494 e. The van der Waals surface area contributed by atoms with Crippen molar-refractivity contribution < 1.29 is 29.4 Å². The van der Waals surface area contributed by atoms with Gasteiger partial charge in [-0.25, -0.2) is 0 Å². The van der Waals surface area contributed by atoms with Crippen molar-refractivity contribution in [2.24, 2.45) is 0 Å². The monoisotopic (exact) mass is 397 g/mol. The molecule has 0 bridgehead atoms. The fraction of sp³-hybridized carbons (Fsp3) is 0.529. The molecule has 4 amide bonds. The summed E-state index contributed by atoms with van der Waals surface area (Å²) in [4.78, 5) is 44.7. The Labute approximate surface area is 162 Å². The second kappa shape index (κ2) is 13.0. The lowest BCUT2D eigenvalue weighted by molar-refractivity contribution is -0.126. The number of rotatable bonds is 15. The van der Waals surface area contributed by atoms with Gasteiger partial charge in [0, 0.05) is 44.7 Å². The summed E-state index contributed by atoms with van der Waals surface area (Å²) in [5.41, 5.74) is 0. The van der Waals surface area contributed by atoms with E-state index in [2.05, 4.69) is 21.3 Å². The van der Waals surface area contributed by atoms with Gasteiger partial charge >= 0.3 is 0 Å². The van der Waals surface area contributed by atoms with Crippen LogP contribution < -0.4 is 21.3 Å². The van der Waals surface area contributed by atoms with Crippen LogP contribution in [0.25, 0.3) is 0 Å². The number of hydrogen-bond acceptors (Lipinski definition) is 6. The highest BCUT2D eigenvalue weighted by Crippen LogP contribution is 2.20. The molecule has 1 aromatic heterocycles. The molecule has 1 unspecified atom stereocenters. The standard InChI is InChI=1S/C17H27N5O6/c23-11-18-7-2-1-3-13(21-12-24)17(28)20-9-8-19-14(25)6-10-22-15(26)4-5-16(22)27/h4-5,11-13,26-27H,1-3,6-10H2,(H,18,23)(H,19,25)(H,20,28)(H,21,24). The molecule has 6 N–H and O–H groups in total. The lowest BCUT2D eigenvalue weighted by Gasteiger charge is -2.16. The minimum atomic E-state index is -0.677. The molecule has 0 aromatic carbocycles. The SMILES string of the molecule is O=CNCCCCC(NC=O)C(=O)NCCNC(=O)CCn1c(O)ccc1O. The maximum atomic E-state index is 12.1. The second-order valence-electron chi connectivity index (χ2n) is 6.00. The first kappa shape index (κ1) is 22.8. The predicted molar refractivity (Wildman–Crippen MR) is 99.3 cm³/mol. The van der Waals surface area contributed by atoms with Gasteiger partial charge in [0.05, 0.1) is 0 Å². The van der Waals surface area contributed by atoms with E-state index in [1.165, 1.54) is 16.7 Å². The summed E-state index contributed by atoms with van der Waals surface area (Å²) >= 11 is 0. The van der Waals surface area contributed by atoms with Crippen molar-refractivity contribution in [2.75, 3.05) is 19.6 Å². The molecule has 28 heavy (non-hydrogen) atoms. The highest BCUT2D eigenvalue weighted by atomic mass is 16.3. The zero-order chi connectivity index (χ0) is 20.8. The van der Waals surface area contributed by atoms with E-state index in [4.69, 9.17) is 0 Å². The Morgan fingerprint density at radius 2 is 1.68 bits per heavy atom. The van der Waals surface area contributed by atoms with Crippen molar-refractivity contribution in [2.45, 2.75) is 38.3 Å². The van der Waals surface area contributed by atoms with Gasteiger partial charge < -0.3 is 31.5 Å². The zero-order valence-electron chi connectivity index (χ0n) is 15.5. The first-order valence-corrected chi connectivity index (χ1v) is 8.98. The number of carbonyl (C=O) groups is 4. The first-order chi connectivity index (χ1) is 13.5. The summed E-state index contributed by atoms with van der Waals surface area (Å²) < 4.78 is 1.20. The molecule has 0 saturated carbocycles. The zero-order valence-corrected chi connectivity index (χ0v) is 15.5. The number of aromatic nitrogens is 1. The highest BCUT2D eigenvalue weighted by molar-refractivity contribution is 5.83. The maximum Gasteiger partial charge on any atom is 0.242 e. The van der Waals surface area contributed by atoms with Crippen LogP contribution in [0.15, 0.2) is 12.1 Å². The summed E-state index contributed by atoms with van der Waals surface area (Å²) in [6.07, 6.45) is 2.88. The molecule has 0 aliphatic heterocycles. The Bertz CT molecular complexity index is 628. The fourth-order valence-corrected chi connectivity index (χ4v) is 2.49. The van der Waals surface area contributed by atoms with E-state index >= 15 is 0 Å². The summed E-state index contributed by atoms with van der Waals surface area (Å²) in [5.74, 6) is -0.916. The summed E-state index contributed by atoms with van der Waals surface area (Å²) in [7, 11) is 0. The van der Waals surface area contributed by atoms with Crippen LogP contribution in [0.3, 0.4) is 0 Å². The van der Waals surface area contributed by atoms with Crippen molar-refractivity contribution in [3.05, 3.63) is 12.1 Å². The lowest BCUT2D eigenvalue weighted by atomic mass is 10.1. The van der Waals surface area contributed by atoms with E-state index in [0.717, 1.165) is 0 Å². The lowest BCUT2D eigenvalue weighted by Crippen LogP contribution is -2.45. The Morgan fingerprint density at radius 1 is 1.00 bits per heavy atom. The molecule has 0 fully saturated rings. The third-order valence-electron chi connectivity index (χ3n) is 3.98. The fourth-order valence-electron chi connectivity index (χ4n) is 2.49. The van der Waals surface area contributed by atoms with Crippen LogP contribution in [0.1, 0.15) is 25.7 Å². The number of nitrogens with one attached hydrogen (secondary N) is 4. The van der Waals surface area contributed by atoms with Crippen LogP contribution in [-0.2, 0) is 25.7 Å². The summed E-state index contributed by atoms with van der Waals surface area (Å²) in [6, 6.07) is 1.97. The van der Waals surface area contributed by atoms with Crippen molar-refractivity contribution in [1.29, 1.82) is 0 Å². The number of hydrogen-bond donors (Lipinski definition) is 6. The van der Waals surface area contributed by atoms with Gasteiger partial charge in [0.2, 0.25) is 24.6 Å². The van der Waals surface area contributed by atoms with E-state index in [0.29, 0.717) is 38.6 Å². The number of aromatic hydroxyl groups is 2. The van der Waals surface area contributed by atoms with E-state index in [9.17, 15) is 29.4 Å². The number of carbonyl (C=O) groups excluding carboxylic acids is 4. The average molecular weight is 397 g/mol. The molecule has 0 radical (unpaired) electrons. The molecule has 1 atom stereocenters. The van der Waals surface area contributed by atoms with Crippen LogP contribution in [0.2, 0.25) is 0 Å². The van der Waals surface area contributed by atoms with Gasteiger partial charge in [-0.15, -0.1) is 0 Å². The topological polar surface area (TPSA) is 162 Å². The quantitative estimate of drug-likeness (QED) is 0.157. The summed E-state index contributed by atoms with van der Waals surface area (Å²) in [6.45, 7) is 1.01. The van der Waals surface area contributed by atoms with Gasteiger partial charge in [-0.05, 0) is 19.3 Å². The van der Waals surface area contributed by atoms with Crippen LogP contribution in [0.5, 0.6) is 11.8 Å². The molecule has 11 heteroatoms. The number of unbranched alkanes of at least 4 members (excludes halogenated alkanes) is 1. The molecule has 1 rings (SSSR count). The minimum absolute atomic E-state index is 0.0495. The summed E-state index contributed by atoms with van der Waals surface area (Å²) in [5, 5.41) is 29.2. The van der Waals surface area contributed by atoms with Crippen LogP contribution in [0, 0.1) is 0 Å². The molecule has 0 saturated heterocycles. The normalized spacial score (nSPS) is 11.3. The Kier molecular flexibility index (Phi) is 10.6. The Balaban J connectivity index is 2.22. The maximum absolute atomic E-state index is 12.1. The first-order valence-electron chi connectivity index (χ1n) is 8.98. The molecule has 0 spiro atoms. The third-order valence-corrected chi connectivity index (χ3v) is 3.98. The second-order valence-corrected chi connectivity index (χ2v) is 6.00. The van der Waals surface area contributed by atoms with E-state index in [1.807, 2.05) is 0 Å². The van der Waals surface area contributed by atoms with Crippen molar-refractivity contribution in [3.8, 4) is 11.8 Å². The molecule has 156 valence electrons. The Hall–Kier alpha value is -3.24. The third kappa shape index (κ3) is 8.43. The molecule has 1 heterocycles. The smallest absolute Gasteiger partial charge is 0.242 e. The van der Waals surface area contributed by atoms with Gasteiger partial charge in [0.15, 0.2) is 11.8 Å². The van der Waals surface area contributed by atoms with Gasteiger partial charge in [-0.1, -0.05) is 0 Å². The van der Waals surface area contributed by atoms with Gasteiger partial charge in [0.1, 0.15) is 6.04 Å². The molecule has 11 nitrogen and oxygen atoms in total. The van der Waals surface area contributed by atoms with Crippen molar-refractivity contribution in [1.82, 2.24) is 25.8 Å². The molecular weight excluding hydrogens is 370 g/mol. The van der Waals surface area contributed by atoms with Gasteiger partial charge in [0.25, 0.3) is 0 Å². The molecule has 1 aromatic rings. The van der Waals surface area contributed by atoms with E-state index in [-0.39, 0.29) is 49.6 Å². The van der Waals surface area contributed by atoms with Gasteiger partial charge in [-0.3, -0.25) is 23.7 Å². The van der Waals surface area contributed by atoms with E-state index in [1.54, 1.807) is 0 Å². The van der Waals surface area contributed by atoms with Crippen molar-refractivity contribution >= 4 is 24.6 Å². The van der Waals surface area contributed by atoms with Gasteiger partial charge in [-0.2, -0.15) is 0 Å². The number of amides is 4. The largest absolute Gasteiger partial charge is 0.494 e. The molecule has 0 aliphatic rings. The number of nitrogens with zero attached hydrogens (tertiary/aromatic N) is 1. The van der Waals surface area contributed by atoms with E-state index < -0.39 is 6.04 Å². The van der Waals surface area contributed by atoms with Crippen LogP contribution in [-0.4, -0.2) is 65.1 Å². The van der Waals surface area contributed by atoms with Crippen LogP contribution in [0.4, 0.5) is 0 Å². The molecular formula is C17H27N5O6. The van der Waals surface area contributed by atoms with Crippen LogP contribution >= 0.6 is 0 Å². The van der Waals surface area contributed by atoms with Crippen molar-refractivity contribution in [3.63, 3.8) is 0 Å².